The molecular formula is C10H15ClN4. The Morgan fingerprint density at radius 1 is 1.60 bits per heavy atom. The minimum atomic E-state index is 0.319. The summed E-state index contributed by atoms with van der Waals surface area (Å²) in [5.41, 5.74) is 0. The Hall–Kier alpha value is -0.870. The van der Waals surface area contributed by atoms with Crippen molar-refractivity contribution in [2.24, 2.45) is 0 Å². The molecule has 2 rings (SSSR count). The molecule has 82 valence electrons. The van der Waals surface area contributed by atoms with Gasteiger partial charge in [-0.2, -0.15) is 0 Å². The molecule has 5 heteroatoms. The van der Waals surface area contributed by atoms with Crippen molar-refractivity contribution in [2.75, 3.05) is 25.0 Å². The summed E-state index contributed by atoms with van der Waals surface area (Å²) < 4.78 is 0. The van der Waals surface area contributed by atoms with Crippen molar-refractivity contribution in [1.29, 1.82) is 0 Å². The molecule has 0 aromatic carbocycles. The van der Waals surface area contributed by atoms with Crippen molar-refractivity contribution in [3.05, 3.63) is 17.5 Å². The molecular weight excluding hydrogens is 212 g/mol. The van der Waals surface area contributed by atoms with Crippen LogP contribution in [-0.4, -0.2) is 36.1 Å². The maximum Gasteiger partial charge on any atom is 0.224 e. The first kappa shape index (κ1) is 10.6. The Morgan fingerprint density at radius 2 is 2.47 bits per heavy atom. The molecule has 1 fully saturated rings. The van der Waals surface area contributed by atoms with E-state index in [1.165, 1.54) is 12.8 Å². The maximum absolute atomic E-state index is 5.77. The maximum atomic E-state index is 5.77. The van der Waals surface area contributed by atoms with Gasteiger partial charge in [0.1, 0.15) is 5.82 Å². The zero-order chi connectivity index (χ0) is 10.7. The predicted octanol–water partition coefficient (Wildman–Crippen LogP) is 1.32. The summed E-state index contributed by atoms with van der Waals surface area (Å²) >= 11 is 5.77. The molecule has 1 unspecified atom stereocenters. The third-order valence-electron chi connectivity index (χ3n) is 2.77. The molecule has 0 saturated carbocycles. The van der Waals surface area contributed by atoms with Crippen LogP contribution in [0.3, 0.4) is 0 Å². The smallest absolute Gasteiger partial charge is 0.224 e. The lowest BCUT2D eigenvalue weighted by atomic mass is 10.1. The lowest BCUT2D eigenvalue weighted by Gasteiger charge is -2.33. The highest BCUT2D eigenvalue weighted by Gasteiger charge is 2.19. The summed E-state index contributed by atoms with van der Waals surface area (Å²) in [7, 11) is 2.00. The number of anilines is 1. The zero-order valence-corrected chi connectivity index (χ0v) is 9.54. The molecule has 0 radical (unpaired) electrons. The Balaban J connectivity index is 2.09. The second-order valence-corrected chi connectivity index (χ2v) is 4.10. The minimum absolute atomic E-state index is 0.319. The first-order valence-corrected chi connectivity index (χ1v) is 5.58. The van der Waals surface area contributed by atoms with E-state index < -0.39 is 0 Å². The van der Waals surface area contributed by atoms with Crippen LogP contribution in [0.2, 0.25) is 5.28 Å². The monoisotopic (exact) mass is 226 g/mol. The number of aromatic nitrogens is 2. The van der Waals surface area contributed by atoms with Gasteiger partial charge in [0.2, 0.25) is 5.28 Å². The number of piperidine rings is 1. The van der Waals surface area contributed by atoms with Crippen LogP contribution in [0.4, 0.5) is 5.82 Å². The fourth-order valence-corrected chi connectivity index (χ4v) is 2.07. The molecule has 0 aliphatic carbocycles. The van der Waals surface area contributed by atoms with Crippen molar-refractivity contribution in [3.8, 4) is 0 Å². The molecule has 0 spiro atoms. The van der Waals surface area contributed by atoms with E-state index in [2.05, 4.69) is 20.2 Å². The number of hydrogen-bond acceptors (Lipinski definition) is 4. The number of nitrogens with zero attached hydrogens (tertiary/aromatic N) is 3. The quantitative estimate of drug-likeness (QED) is 0.773. The highest BCUT2D eigenvalue weighted by Crippen LogP contribution is 2.18. The van der Waals surface area contributed by atoms with Gasteiger partial charge >= 0.3 is 0 Å². The third kappa shape index (κ3) is 2.58. The van der Waals surface area contributed by atoms with Crippen LogP contribution < -0.4 is 10.2 Å². The van der Waals surface area contributed by atoms with Crippen LogP contribution in [0.15, 0.2) is 12.3 Å². The van der Waals surface area contributed by atoms with Crippen molar-refractivity contribution in [1.82, 2.24) is 15.3 Å². The standard InChI is InChI=1S/C10H15ClN4/c1-12-8-3-2-6-15(7-8)9-4-5-13-10(11)14-9/h4-5,8,12H,2-3,6-7H2,1H3. The van der Waals surface area contributed by atoms with E-state index in [4.69, 9.17) is 11.6 Å². The van der Waals surface area contributed by atoms with Crippen LogP contribution in [0.5, 0.6) is 0 Å². The topological polar surface area (TPSA) is 41.0 Å². The van der Waals surface area contributed by atoms with Crippen LogP contribution in [0.1, 0.15) is 12.8 Å². The highest BCUT2D eigenvalue weighted by molar-refractivity contribution is 6.28. The second-order valence-electron chi connectivity index (χ2n) is 3.76. The van der Waals surface area contributed by atoms with E-state index in [-0.39, 0.29) is 0 Å². The SMILES string of the molecule is CNC1CCCN(c2ccnc(Cl)n2)C1. The summed E-state index contributed by atoms with van der Waals surface area (Å²) in [4.78, 5) is 10.4. The second kappa shape index (κ2) is 4.77. The van der Waals surface area contributed by atoms with Gasteiger partial charge < -0.3 is 10.2 Å². The van der Waals surface area contributed by atoms with Gasteiger partial charge in [0.05, 0.1) is 0 Å². The third-order valence-corrected chi connectivity index (χ3v) is 2.95. The van der Waals surface area contributed by atoms with E-state index in [9.17, 15) is 0 Å². The molecule has 1 aliphatic rings. The number of halogens is 1. The van der Waals surface area contributed by atoms with Gasteiger partial charge in [-0.05, 0) is 37.6 Å². The summed E-state index contributed by atoms with van der Waals surface area (Å²) in [6.07, 6.45) is 4.12. The summed E-state index contributed by atoms with van der Waals surface area (Å²) in [6.45, 7) is 2.04. The molecule has 1 saturated heterocycles. The molecule has 1 N–H and O–H groups in total. The predicted molar refractivity (Wildman–Crippen MR) is 61.3 cm³/mol. The van der Waals surface area contributed by atoms with E-state index in [1.807, 2.05) is 13.1 Å². The Labute approximate surface area is 94.7 Å². The first-order valence-electron chi connectivity index (χ1n) is 5.20. The van der Waals surface area contributed by atoms with Crippen LogP contribution >= 0.6 is 11.6 Å². The van der Waals surface area contributed by atoms with Gasteiger partial charge in [0.15, 0.2) is 0 Å². The van der Waals surface area contributed by atoms with Gasteiger partial charge in [-0.15, -0.1) is 0 Å². The fourth-order valence-electron chi connectivity index (χ4n) is 1.92. The summed E-state index contributed by atoms with van der Waals surface area (Å²) in [5.74, 6) is 0.926. The molecule has 2 heterocycles. The molecule has 1 aliphatic heterocycles. The van der Waals surface area contributed by atoms with Gasteiger partial charge in [-0.3, -0.25) is 0 Å². The largest absolute Gasteiger partial charge is 0.355 e. The number of hydrogen-bond donors (Lipinski definition) is 1. The van der Waals surface area contributed by atoms with Crippen molar-refractivity contribution < 1.29 is 0 Å². The molecule has 0 bridgehead atoms. The Bertz CT molecular complexity index is 331. The van der Waals surface area contributed by atoms with Crippen molar-refractivity contribution >= 4 is 17.4 Å². The van der Waals surface area contributed by atoms with E-state index in [0.29, 0.717) is 11.3 Å². The van der Waals surface area contributed by atoms with Crippen LogP contribution in [0.25, 0.3) is 0 Å². The van der Waals surface area contributed by atoms with E-state index >= 15 is 0 Å². The van der Waals surface area contributed by atoms with Crippen molar-refractivity contribution in [3.63, 3.8) is 0 Å². The number of nitrogens with one attached hydrogen (secondary N) is 1. The molecule has 0 amide bonds. The summed E-state index contributed by atoms with van der Waals surface area (Å²) in [6, 6.07) is 2.46. The molecule has 1 atom stereocenters. The van der Waals surface area contributed by atoms with Gasteiger partial charge in [-0.1, -0.05) is 0 Å². The molecule has 4 nitrogen and oxygen atoms in total. The lowest BCUT2D eigenvalue weighted by molar-refractivity contribution is 0.447. The number of rotatable bonds is 2. The van der Waals surface area contributed by atoms with Crippen LogP contribution in [0, 0.1) is 0 Å². The van der Waals surface area contributed by atoms with Gasteiger partial charge in [-0.25, -0.2) is 9.97 Å². The normalized spacial score (nSPS) is 21.7. The first-order chi connectivity index (χ1) is 7.29. The van der Waals surface area contributed by atoms with Crippen LogP contribution in [-0.2, 0) is 0 Å². The Morgan fingerprint density at radius 3 is 3.20 bits per heavy atom. The average molecular weight is 227 g/mol. The van der Waals surface area contributed by atoms with Gasteiger partial charge in [0, 0.05) is 25.3 Å². The molecule has 1 aromatic rings. The van der Waals surface area contributed by atoms with Gasteiger partial charge in [0.25, 0.3) is 0 Å². The van der Waals surface area contributed by atoms with E-state index in [1.54, 1.807) is 6.20 Å². The Kier molecular flexibility index (Phi) is 3.38. The van der Waals surface area contributed by atoms with E-state index in [0.717, 1.165) is 18.9 Å². The summed E-state index contributed by atoms with van der Waals surface area (Å²) in [5, 5.41) is 3.62. The molecule has 15 heavy (non-hydrogen) atoms. The lowest BCUT2D eigenvalue weighted by Crippen LogP contribution is -2.44. The minimum Gasteiger partial charge on any atom is -0.355 e. The highest BCUT2D eigenvalue weighted by atomic mass is 35.5. The average Bonchev–Trinajstić information content (AvgIpc) is 2.29. The fraction of sp³-hybridized carbons (Fsp3) is 0.600. The van der Waals surface area contributed by atoms with Crippen molar-refractivity contribution in [2.45, 2.75) is 18.9 Å². The zero-order valence-electron chi connectivity index (χ0n) is 8.78. The number of likely N-dealkylation sites (N-methyl/N-ethyl adjacent to an activating group) is 1. The molecule has 1 aromatic heterocycles.